The fourth-order valence-electron chi connectivity index (χ4n) is 0.862. The van der Waals surface area contributed by atoms with Crippen molar-refractivity contribution < 1.29 is 4.39 Å². The SMILES string of the molecule is N#C/C(=N\Nc1c(F)cccc1Cl)C(=N)N. The second-order valence-electron chi connectivity index (χ2n) is 2.69. The zero-order chi connectivity index (χ0) is 12.1. The molecule has 0 atom stereocenters. The molecule has 0 radical (unpaired) electrons. The Balaban J connectivity index is 2.99. The lowest BCUT2D eigenvalue weighted by atomic mass is 10.3. The molecule has 0 aliphatic rings. The number of anilines is 1. The smallest absolute Gasteiger partial charge is 0.201 e. The van der Waals surface area contributed by atoms with Gasteiger partial charge in [0.1, 0.15) is 17.6 Å². The van der Waals surface area contributed by atoms with Crippen LogP contribution in [0.4, 0.5) is 10.1 Å². The molecule has 0 fully saturated rings. The standard InChI is InChI=1S/C9H7ClFN5/c10-5-2-1-3-6(11)8(5)16-15-7(4-12)9(13)14/h1-3,16H,(H3,13,14)/b15-7+. The van der Waals surface area contributed by atoms with Crippen LogP contribution in [0.1, 0.15) is 0 Å². The summed E-state index contributed by atoms with van der Waals surface area (Å²) in [4.78, 5) is 0. The molecule has 0 heterocycles. The van der Waals surface area contributed by atoms with Crippen LogP contribution in [0.15, 0.2) is 23.3 Å². The van der Waals surface area contributed by atoms with Gasteiger partial charge < -0.3 is 5.73 Å². The highest BCUT2D eigenvalue weighted by Crippen LogP contribution is 2.24. The van der Waals surface area contributed by atoms with Crippen LogP contribution in [-0.2, 0) is 0 Å². The first-order valence-electron chi connectivity index (χ1n) is 4.08. The van der Waals surface area contributed by atoms with E-state index >= 15 is 0 Å². The van der Waals surface area contributed by atoms with Crippen LogP contribution >= 0.6 is 11.6 Å². The summed E-state index contributed by atoms with van der Waals surface area (Å²) >= 11 is 5.70. The van der Waals surface area contributed by atoms with E-state index in [-0.39, 0.29) is 16.4 Å². The molecule has 5 nitrogen and oxygen atoms in total. The number of nitrogens with two attached hydrogens (primary N) is 1. The predicted molar refractivity (Wildman–Crippen MR) is 60.0 cm³/mol. The van der Waals surface area contributed by atoms with Gasteiger partial charge in [0.2, 0.25) is 5.71 Å². The van der Waals surface area contributed by atoms with Gasteiger partial charge in [-0.05, 0) is 12.1 Å². The number of rotatable bonds is 3. The van der Waals surface area contributed by atoms with Crippen molar-refractivity contribution in [2.45, 2.75) is 0 Å². The molecule has 0 aromatic heterocycles. The Bertz CT molecular complexity index is 471. The molecule has 0 saturated carbocycles. The third kappa shape index (κ3) is 2.68. The minimum atomic E-state index is -0.614. The van der Waals surface area contributed by atoms with Gasteiger partial charge in [0.25, 0.3) is 0 Å². The molecule has 0 spiro atoms. The fraction of sp³-hybridized carbons (Fsp3) is 0. The Labute approximate surface area is 95.8 Å². The van der Waals surface area contributed by atoms with E-state index in [0.29, 0.717) is 0 Å². The van der Waals surface area contributed by atoms with Gasteiger partial charge in [0.05, 0.1) is 5.02 Å². The van der Waals surface area contributed by atoms with Gasteiger partial charge in [-0.15, -0.1) is 0 Å². The molecule has 0 aliphatic carbocycles. The molecule has 82 valence electrons. The third-order valence-corrected chi connectivity index (χ3v) is 1.92. The van der Waals surface area contributed by atoms with Crippen LogP contribution in [-0.4, -0.2) is 11.5 Å². The fourth-order valence-corrected chi connectivity index (χ4v) is 1.07. The van der Waals surface area contributed by atoms with Crippen LogP contribution in [0.3, 0.4) is 0 Å². The molecule has 7 heteroatoms. The van der Waals surface area contributed by atoms with Crippen LogP contribution in [0.2, 0.25) is 5.02 Å². The maximum absolute atomic E-state index is 13.2. The minimum Gasteiger partial charge on any atom is -0.382 e. The summed E-state index contributed by atoms with van der Waals surface area (Å²) in [7, 11) is 0. The third-order valence-electron chi connectivity index (χ3n) is 1.60. The number of nitrogens with zero attached hydrogens (tertiary/aromatic N) is 2. The van der Waals surface area contributed by atoms with E-state index in [4.69, 9.17) is 28.0 Å². The van der Waals surface area contributed by atoms with Gasteiger partial charge in [-0.3, -0.25) is 10.8 Å². The average molecular weight is 240 g/mol. The van der Waals surface area contributed by atoms with Gasteiger partial charge in [-0.2, -0.15) is 10.4 Å². The molecule has 0 unspecified atom stereocenters. The van der Waals surface area contributed by atoms with E-state index in [1.54, 1.807) is 6.07 Å². The highest BCUT2D eigenvalue weighted by Gasteiger charge is 2.07. The van der Waals surface area contributed by atoms with Crippen molar-refractivity contribution in [3.05, 3.63) is 29.0 Å². The lowest BCUT2D eigenvalue weighted by Gasteiger charge is -2.04. The molecular formula is C9H7ClFN5. The maximum atomic E-state index is 13.2. The predicted octanol–water partition coefficient (Wildman–Crippen LogP) is 1.71. The average Bonchev–Trinajstić information content (AvgIpc) is 2.22. The number of hydrogen-bond acceptors (Lipinski definition) is 4. The lowest BCUT2D eigenvalue weighted by molar-refractivity contribution is 0.631. The molecule has 0 amide bonds. The zero-order valence-electron chi connectivity index (χ0n) is 7.96. The van der Waals surface area contributed by atoms with E-state index in [9.17, 15) is 4.39 Å². The first-order chi connectivity index (χ1) is 7.56. The largest absolute Gasteiger partial charge is 0.382 e. The second-order valence-corrected chi connectivity index (χ2v) is 3.10. The van der Waals surface area contributed by atoms with Gasteiger partial charge in [0, 0.05) is 0 Å². The number of amidine groups is 1. The number of nitriles is 1. The Morgan fingerprint density at radius 1 is 1.62 bits per heavy atom. The van der Waals surface area contributed by atoms with Gasteiger partial charge >= 0.3 is 0 Å². The summed E-state index contributed by atoms with van der Waals surface area (Å²) in [5, 5.41) is 19.1. The Morgan fingerprint density at radius 3 is 2.81 bits per heavy atom. The zero-order valence-corrected chi connectivity index (χ0v) is 8.72. The van der Waals surface area contributed by atoms with Gasteiger partial charge in [-0.25, -0.2) is 4.39 Å². The highest BCUT2D eigenvalue weighted by molar-refractivity contribution is 6.45. The summed E-state index contributed by atoms with van der Waals surface area (Å²) in [5.74, 6) is -1.13. The molecule has 0 saturated heterocycles. The van der Waals surface area contributed by atoms with E-state index in [0.717, 1.165) is 0 Å². The topological polar surface area (TPSA) is 98.0 Å². The quantitative estimate of drug-likeness (QED) is 0.425. The van der Waals surface area contributed by atoms with Crippen molar-refractivity contribution in [3.8, 4) is 6.07 Å². The summed E-state index contributed by atoms with van der Waals surface area (Å²) in [6, 6.07) is 5.66. The number of hydrogen-bond donors (Lipinski definition) is 3. The van der Waals surface area contributed by atoms with Crippen LogP contribution in [0, 0.1) is 22.6 Å². The highest BCUT2D eigenvalue weighted by atomic mass is 35.5. The molecule has 16 heavy (non-hydrogen) atoms. The Kier molecular flexibility index (Phi) is 3.80. The molecule has 4 N–H and O–H groups in total. The first kappa shape index (κ1) is 11.9. The molecule has 0 aliphatic heterocycles. The van der Waals surface area contributed by atoms with Crippen molar-refractivity contribution in [2.75, 3.05) is 5.43 Å². The van der Waals surface area contributed by atoms with Gasteiger partial charge in [-0.1, -0.05) is 17.7 Å². The van der Waals surface area contributed by atoms with Crippen molar-refractivity contribution in [1.29, 1.82) is 10.7 Å². The number of halogens is 2. The molecular weight excluding hydrogens is 233 g/mol. The lowest BCUT2D eigenvalue weighted by Crippen LogP contribution is -2.22. The van der Waals surface area contributed by atoms with E-state index < -0.39 is 11.7 Å². The van der Waals surface area contributed by atoms with E-state index in [1.807, 2.05) is 0 Å². The molecule has 0 bridgehead atoms. The Morgan fingerprint density at radius 2 is 2.31 bits per heavy atom. The second kappa shape index (κ2) is 5.09. The summed E-state index contributed by atoms with van der Waals surface area (Å²) in [5.41, 5.74) is 6.88. The summed E-state index contributed by atoms with van der Waals surface area (Å²) in [6.45, 7) is 0. The first-order valence-corrected chi connectivity index (χ1v) is 4.46. The summed E-state index contributed by atoms with van der Waals surface area (Å²) < 4.78 is 13.2. The van der Waals surface area contributed by atoms with Crippen molar-refractivity contribution in [1.82, 2.24) is 0 Å². The van der Waals surface area contributed by atoms with E-state index in [1.165, 1.54) is 18.2 Å². The molecule has 1 rings (SSSR count). The number of hydrazone groups is 1. The van der Waals surface area contributed by atoms with Crippen molar-refractivity contribution in [3.63, 3.8) is 0 Å². The van der Waals surface area contributed by atoms with Crippen molar-refractivity contribution >= 4 is 28.8 Å². The van der Waals surface area contributed by atoms with Gasteiger partial charge in [0.15, 0.2) is 5.84 Å². The normalized spacial score (nSPS) is 10.7. The molecule has 1 aromatic rings. The van der Waals surface area contributed by atoms with Crippen molar-refractivity contribution in [2.24, 2.45) is 10.8 Å². The number of benzene rings is 1. The van der Waals surface area contributed by atoms with Crippen LogP contribution in [0.5, 0.6) is 0 Å². The maximum Gasteiger partial charge on any atom is 0.201 e. The van der Waals surface area contributed by atoms with Crippen LogP contribution < -0.4 is 11.2 Å². The Hall–Kier alpha value is -2.13. The van der Waals surface area contributed by atoms with E-state index in [2.05, 4.69) is 10.5 Å². The monoisotopic (exact) mass is 239 g/mol. The molecule has 1 aromatic carbocycles. The number of nitrogens with one attached hydrogen (secondary N) is 2. The van der Waals surface area contributed by atoms with Crippen LogP contribution in [0.25, 0.3) is 0 Å². The summed E-state index contributed by atoms with van der Waals surface area (Å²) in [6.07, 6.45) is 0. The number of para-hydroxylation sites is 1. The minimum absolute atomic E-state index is 0.0711.